The third-order valence-corrected chi connectivity index (χ3v) is 1.69. The predicted molar refractivity (Wildman–Crippen MR) is 39.1 cm³/mol. The lowest BCUT2D eigenvalue weighted by Crippen LogP contribution is -2.42. The van der Waals surface area contributed by atoms with E-state index in [9.17, 15) is 5.11 Å². The summed E-state index contributed by atoms with van der Waals surface area (Å²) in [6, 6.07) is 0.181. The molecule has 0 bridgehead atoms. The summed E-state index contributed by atoms with van der Waals surface area (Å²) in [5.41, 5.74) is 0.659. The number of hydrogen-bond acceptors (Lipinski definition) is 3. The van der Waals surface area contributed by atoms with Crippen LogP contribution in [0.4, 0.5) is 0 Å². The van der Waals surface area contributed by atoms with Gasteiger partial charge in [-0.15, -0.1) is 0 Å². The molecular formula is C7H13NO2. The van der Waals surface area contributed by atoms with E-state index in [1.807, 2.05) is 6.92 Å². The van der Waals surface area contributed by atoms with Crippen LogP contribution in [0.15, 0.2) is 4.99 Å². The summed E-state index contributed by atoms with van der Waals surface area (Å²) >= 11 is 0. The Hall–Kier alpha value is -0.410. The molecule has 0 aromatic rings. The zero-order valence-electron chi connectivity index (χ0n) is 6.59. The van der Waals surface area contributed by atoms with E-state index in [1.165, 1.54) is 0 Å². The van der Waals surface area contributed by atoms with Crippen molar-refractivity contribution in [2.75, 3.05) is 6.61 Å². The first-order valence-corrected chi connectivity index (χ1v) is 3.43. The number of nitrogens with zero attached hydrogens (tertiary/aromatic N) is 1. The first-order valence-electron chi connectivity index (χ1n) is 3.43. The molecule has 1 unspecified atom stereocenters. The first kappa shape index (κ1) is 7.69. The van der Waals surface area contributed by atoms with Crippen LogP contribution in [0.2, 0.25) is 0 Å². The van der Waals surface area contributed by atoms with Gasteiger partial charge in [0, 0.05) is 0 Å². The van der Waals surface area contributed by atoms with Gasteiger partial charge in [-0.05, 0) is 20.8 Å². The van der Waals surface area contributed by atoms with Gasteiger partial charge in [-0.1, -0.05) is 0 Å². The summed E-state index contributed by atoms with van der Waals surface area (Å²) in [4.78, 5) is 4.18. The lowest BCUT2D eigenvalue weighted by Gasteiger charge is -2.29. The van der Waals surface area contributed by atoms with Gasteiger partial charge in [-0.2, -0.15) is 0 Å². The highest BCUT2D eigenvalue weighted by Gasteiger charge is 2.29. The van der Waals surface area contributed by atoms with Gasteiger partial charge in [0.2, 0.25) is 5.79 Å². The minimum absolute atomic E-state index is 0.181. The second kappa shape index (κ2) is 2.32. The molecule has 0 saturated heterocycles. The van der Waals surface area contributed by atoms with Crippen molar-refractivity contribution in [1.82, 2.24) is 0 Å². The van der Waals surface area contributed by atoms with Gasteiger partial charge in [0.1, 0.15) is 0 Å². The summed E-state index contributed by atoms with van der Waals surface area (Å²) in [5.74, 6) is -1.13. The van der Waals surface area contributed by atoms with Crippen molar-refractivity contribution in [3.63, 3.8) is 0 Å². The lowest BCUT2D eigenvalue weighted by molar-refractivity contribution is -0.146. The number of hydrogen-bond donors (Lipinski definition) is 1. The Balaban J connectivity index is 2.78. The van der Waals surface area contributed by atoms with E-state index in [4.69, 9.17) is 4.74 Å². The molecule has 0 fully saturated rings. The van der Waals surface area contributed by atoms with E-state index in [2.05, 4.69) is 4.99 Å². The van der Waals surface area contributed by atoms with Crippen molar-refractivity contribution < 1.29 is 9.84 Å². The van der Waals surface area contributed by atoms with Crippen molar-refractivity contribution >= 4 is 5.71 Å². The summed E-state index contributed by atoms with van der Waals surface area (Å²) < 4.78 is 5.11. The molecule has 0 aromatic carbocycles. The molecule has 1 N–H and O–H groups in total. The standard InChI is InChI=1S/C7H13NO2/c1-5-4-10-7(3,9)6(2)8-5/h5,9H,4H2,1-3H3/t5-,7?/m0/s1. The summed E-state index contributed by atoms with van der Waals surface area (Å²) in [5, 5.41) is 9.41. The molecule has 3 heteroatoms. The molecule has 0 saturated carbocycles. The van der Waals surface area contributed by atoms with Gasteiger partial charge in [0.25, 0.3) is 0 Å². The smallest absolute Gasteiger partial charge is 0.202 e. The molecule has 3 nitrogen and oxygen atoms in total. The SMILES string of the molecule is CC1=N[C@@H](C)COC1(C)O. The fourth-order valence-corrected chi connectivity index (χ4v) is 0.875. The third kappa shape index (κ3) is 1.36. The predicted octanol–water partition coefficient (Wildman–Crippen LogP) is 0.575. The molecule has 0 aromatic heterocycles. The Bertz CT molecular complexity index is 163. The van der Waals surface area contributed by atoms with Crippen LogP contribution in [0.25, 0.3) is 0 Å². The van der Waals surface area contributed by atoms with Crippen molar-refractivity contribution in [2.24, 2.45) is 4.99 Å². The Morgan fingerprint density at radius 2 is 2.40 bits per heavy atom. The Morgan fingerprint density at radius 3 is 2.80 bits per heavy atom. The highest BCUT2D eigenvalue weighted by Crippen LogP contribution is 2.15. The summed E-state index contributed by atoms with van der Waals surface area (Å²) in [6.45, 7) is 5.84. The molecule has 1 rings (SSSR count). The third-order valence-electron chi connectivity index (χ3n) is 1.69. The van der Waals surface area contributed by atoms with E-state index < -0.39 is 5.79 Å². The van der Waals surface area contributed by atoms with Crippen molar-refractivity contribution in [3.05, 3.63) is 0 Å². The molecular weight excluding hydrogens is 130 g/mol. The maximum Gasteiger partial charge on any atom is 0.202 e. The summed E-state index contributed by atoms with van der Waals surface area (Å²) in [6.07, 6.45) is 0. The minimum atomic E-state index is -1.13. The van der Waals surface area contributed by atoms with Crippen molar-refractivity contribution in [2.45, 2.75) is 32.6 Å². The average Bonchev–Trinajstić information content (AvgIpc) is 1.81. The Labute approximate surface area is 60.7 Å². The van der Waals surface area contributed by atoms with E-state index >= 15 is 0 Å². The van der Waals surface area contributed by atoms with Crippen molar-refractivity contribution in [3.8, 4) is 0 Å². The Morgan fingerprint density at radius 1 is 1.80 bits per heavy atom. The van der Waals surface area contributed by atoms with Crippen LogP contribution in [0.5, 0.6) is 0 Å². The molecule has 1 heterocycles. The molecule has 0 spiro atoms. The fraction of sp³-hybridized carbons (Fsp3) is 0.857. The quantitative estimate of drug-likeness (QED) is 0.538. The second-order valence-corrected chi connectivity index (χ2v) is 2.86. The molecule has 0 radical (unpaired) electrons. The zero-order valence-corrected chi connectivity index (χ0v) is 6.59. The van der Waals surface area contributed by atoms with Crippen LogP contribution in [0, 0.1) is 0 Å². The topological polar surface area (TPSA) is 41.8 Å². The monoisotopic (exact) mass is 143 g/mol. The second-order valence-electron chi connectivity index (χ2n) is 2.86. The van der Waals surface area contributed by atoms with Crippen LogP contribution in [-0.2, 0) is 4.74 Å². The number of rotatable bonds is 0. The Kier molecular flexibility index (Phi) is 1.79. The highest BCUT2D eigenvalue weighted by molar-refractivity contribution is 5.88. The molecule has 1 aliphatic rings. The summed E-state index contributed by atoms with van der Waals surface area (Å²) in [7, 11) is 0. The highest BCUT2D eigenvalue weighted by atomic mass is 16.6. The fourth-order valence-electron chi connectivity index (χ4n) is 0.875. The van der Waals surface area contributed by atoms with Gasteiger partial charge in [0.05, 0.1) is 18.4 Å². The maximum atomic E-state index is 9.41. The minimum Gasteiger partial charge on any atom is -0.361 e. The molecule has 2 atom stereocenters. The molecule has 0 aliphatic carbocycles. The van der Waals surface area contributed by atoms with Crippen LogP contribution in [-0.4, -0.2) is 29.3 Å². The molecule has 10 heavy (non-hydrogen) atoms. The van der Waals surface area contributed by atoms with E-state index in [0.717, 1.165) is 0 Å². The maximum absolute atomic E-state index is 9.41. The first-order chi connectivity index (χ1) is 4.52. The van der Waals surface area contributed by atoms with Gasteiger partial charge in [0.15, 0.2) is 0 Å². The van der Waals surface area contributed by atoms with Gasteiger partial charge < -0.3 is 9.84 Å². The van der Waals surface area contributed by atoms with Crippen LogP contribution >= 0.6 is 0 Å². The van der Waals surface area contributed by atoms with Crippen LogP contribution < -0.4 is 0 Å². The van der Waals surface area contributed by atoms with Crippen LogP contribution in [0.1, 0.15) is 20.8 Å². The average molecular weight is 143 g/mol. The van der Waals surface area contributed by atoms with Gasteiger partial charge >= 0.3 is 0 Å². The normalized spacial score (nSPS) is 41.2. The van der Waals surface area contributed by atoms with E-state index in [-0.39, 0.29) is 6.04 Å². The van der Waals surface area contributed by atoms with Crippen LogP contribution in [0.3, 0.4) is 0 Å². The molecule has 58 valence electrons. The van der Waals surface area contributed by atoms with Crippen molar-refractivity contribution in [1.29, 1.82) is 0 Å². The largest absolute Gasteiger partial charge is 0.361 e. The lowest BCUT2D eigenvalue weighted by atomic mass is 10.1. The van der Waals surface area contributed by atoms with E-state index in [0.29, 0.717) is 12.3 Å². The number of aliphatic hydroxyl groups is 1. The zero-order chi connectivity index (χ0) is 7.78. The van der Waals surface area contributed by atoms with Gasteiger partial charge in [-0.25, -0.2) is 0 Å². The molecule has 0 amide bonds. The number of aliphatic imine (C=N–C) groups is 1. The van der Waals surface area contributed by atoms with Gasteiger partial charge in [-0.3, -0.25) is 4.99 Å². The number of ether oxygens (including phenoxy) is 1. The molecule has 1 aliphatic heterocycles. The van der Waals surface area contributed by atoms with E-state index in [1.54, 1.807) is 13.8 Å².